The summed E-state index contributed by atoms with van der Waals surface area (Å²) in [5.41, 5.74) is 3.97. The van der Waals surface area contributed by atoms with Gasteiger partial charge < -0.3 is 9.84 Å². The molecule has 0 atom stereocenters. The number of pyridine rings is 2. The van der Waals surface area contributed by atoms with Crippen LogP contribution in [0.5, 0.6) is 5.88 Å². The first-order chi connectivity index (χ1) is 15.3. The van der Waals surface area contributed by atoms with E-state index in [2.05, 4.69) is 10.1 Å². The van der Waals surface area contributed by atoms with Gasteiger partial charge in [0.25, 0.3) is 0 Å². The molecule has 0 bridgehead atoms. The summed E-state index contributed by atoms with van der Waals surface area (Å²) >= 11 is 0. The van der Waals surface area contributed by atoms with Crippen LogP contribution in [0.25, 0.3) is 16.6 Å². The molecule has 0 fully saturated rings. The third-order valence-electron chi connectivity index (χ3n) is 5.27. The molecule has 0 radical (unpaired) electrons. The molecule has 0 saturated carbocycles. The average molecular weight is 437 g/mol. The predicted molar refractivity (Wildman–Crippen MR) is 115 cm³/mol. The first-order valence-electron chi connectivity index (χ1n) is 10.1. The molecular formula is C24H21F2N3O3. The minimum Gasteiger partial charge on any atom is -0.478 e. The van der Waals surface area contributed by atoms with E-state index in [9.17, 15) is 18.7 Å². The van der Waals surface area contributed by atoms with Crippen LogP contribution in [0, 0.1) is 25.5 Å². The summed E-state index contributed by atoms with van der Waals surface area (Å²) in [4.78, 5) is 16.0. The van der Waals surface area contributed by atoms with Crippen LogP contribution in [0.1, 0.15) is 39.8 Å². The highest BCUT2D eigenvalue weighted by Gasteiger charge is 2.19. The smallest absolute Gasteiger partial charge is 0.337 e. The van der Waals surface area contributed by atoms with E-state index in [0.29, 0.717) is 40.3 Å². The Morgan fingerprint density at radius 3 is 2.53 bits per heavy atom. The first-order valence-corrected chi connectivity index (χ1v) is 10.1. The van der Waals surface area contributed by atoms with Gasteiger partial charge in [0.05, 0.1) is 28.0 Å². The lowest BCUT2D eigenvalue weighted by atomic mass is 10.0. The number of hydrogen-bond donors (Lipinski definition) is 1. The topological polar surface area (TPSA) is 76.7 Å². The minimum atomic E-state index is -1.04. The molecule has 3 aromatic heterocycles. The lowest BCUT2D eigenvalue weighted by Crippen LogP contribution is -2.05. The number of halogens is 2. The summed E-state index contributed by atoms with van der Waals surface area (Å²) in [5.74, 6) is -2.10. The highest BCUT2D eigenvalue weighted by molar-refractivity contribution is 5.92. The van der Waals surface area contributed by atoms with Gasteiger partial charge in [-0.15, -0.1) is 0 Å². The minimum absolute atomic E-state index is 0.142. The Balaban J connectivity index is 1.81. The van der Waals surface area contributed by atoms with E-state index < -0.39 is 17.6 Å². The first kappa shape index (κ1) is 21.4. The van der Waals surface area contributed by atoms with Gasteiger partial charge in [0.2, 0.25) is 5.88 Å². The highest BCUT2D eigenvalue weighted by atomic mass is 19.1. The zero-order valence-corrected chi connectivity index (χ0v) is 17.8. The molecule has 3 heterocycles. The maximum Gasteiger partial charge on any atom is 0.337 e. The number of aromatic nitrogens is 3. The molecule has 0 amide bonds. The van der Waals surface area contributed by atoms with Crippen molar-refractivity contribution in [3.8, 4) is 17.0 Å². The number of nitrogens with zero attached hydrogens (tertiary/aromatic N) is 3. The molecule has 0 aliphatic heterocycles. The van der Waals surface area contributed by atoms with Gasteiger partial charge in [0, 0.05) is 23.4 Å². The molecule has 8 heteroatoms. The van der Waals surface area contributed by atoms with E-state index in [1.165, 1.54) is 18.2 Å². The Morgan fingerprint density at radius 2 is 1.88 bits per heavy atom. The molecule has 0 saturated heterocycles. The third kappa shape index (κ3) is 3.79. The number of aryl methyl sites for hydroxylation is 3. The Bertz CT molecular complexity index is 1330. The summed E-state index contributed by atoms with van der Waals surface area (Å²) in [7, 11) is 0. The van der Waals surface area contributed by atoms with Crippen molar-refractivity contribution in [2.45, 2.75) is 33.8 Å². The fraction of sp³-hybridized carbons (Fsp3) is 0.208. The van der Waals surface area contributed by atoms with Crippen molar-refractivity contribution in [3.63, 3.8) is 0 Å². The van der Waals surface area contributed by atoms with Crippen LogP contribution in [-0.2, 0) is 13.0 Å². The summed E-state index contributed by atoms with van der Waals surface area (Å²) < 4.78 is 35.3. The van der Waals surface area contributed by atoms with Crippen LogP contribution in [-0.4, -0.2) is 25.7 Å². The third-order valence-corrected chi connectivity index (χ3v) is 5.27. The van der Waals surface area contributed by atoms with Crippen LogP contribution in [0.4, 0.5) is 8.78 Å². The van der Waals surface area contributed by atoms with Crippen LogP contribution < -0.4 is 4.74 Å². The van der Waals surface area contributed by atoms with Gasteiger partial charge in [-0.3, -0.25) is 4.98 Å². The van der Waals surface area contributed by atoms with E-state index in [0.717, 1.165) is 5.56 Å². The normalized spacial score (nSPS) is 11.2. The summed E-state index contributed by atoms with van der Waals surface area (Å²) in [6.07, 6.45) is 2.13. The summed E-state index contributed by atoms with van der Waals surface area (Å²) in [6.45, 7) is 5.21. The lowest BCUT2D eigenvalue weighted by molar-refractivity contribution is 0.0695. The second-order valence-electron chi connectivity index (χ2n) is 7.49. The summed E-state index contributed by atoms with van der Waals surface area (Å²) in [5, 5.41) is 14.1. The van der Waals surface area contributed by atoms with Gasteiger partial charge in [-0.1, -0.05) is 13.0 Å². The van der Waals surface area contributed by atoms with Gasteiger partial charge >= 0.3 is 5.97 Å². The number of aromatic carboxylic acids is 1. The van der Waals surface area contributed by atoms with Gasteiger partial charge in [-0.2, -0.15) is 5.10 Å². The fourth-order valence-electron chi connectivity index (χ4n) is 3.73. The predicted octanol–water partition coefficient (Wildman–Crippen LogP) is 5.13. The molecule has 32 heavy (non-hydrogen) atoms. The quantitative estimate of drug-likeness (QED) is 0.453. The second-order valence-corrected chi connectivity index (χ2v) is 7.49. The molecule has 4 rings (SSSR count). The van der Waals surface area contributed by atoms with E-state index in [4.69, 9.17) is 4.74 Å². The van der Waals surface area contributed by atoms with Crippen LogP contribution in [0.3, 0.4) is 0 Å². The summed E-state index contributed by atoms with van der Waals surface area (Å²) in [6, 6.07) is 8.86. The number of ether oxygens (including phenoxy) is 1. The molecule has 164 valence electrons. The number of carbonyl (C=O) groups is 1. The number of hydrogen-bond acceptors (Lipinski definition) is 4. The SMILES string of the molecule is CCc1ncc(-c2c(C)nn3c(OCc4c(F)cccc4F)cc(C)cc23)cc1C(=O)O. The van der Waals surface area contributed by atoms with E-state index in [-0.39, 0.29) is 17.7 Å². The van der Waals surface area contributed by atoms with Crippen molar-refractivity contribution in [3.05, 3.63) is 82.3 Å². The Morgan fingerprint density at radius 1 is 1.16 bits per heavy atom. The van der Waals surface area contributed by atoms with E-state index >= 15 is 0 Å². The number of rotatable bonds is 6. The fourth-order valence-corrected chi connectivity index (χ4v) is 3.73. The van der Waals surface area contributed by atoms with Crippen molar-refractivity contribution in [1.82, 2.24) is 14.6 Å². The number of carboxylic acids is 1. The largest absolute Gasteiger partial charge is 0.478 e. The van der Waals surface area contributed by atoms with Gasteiger partial charge in [-0.05, 0) is 50.1 Å². The molecule has 0 spiro atoms. The second kappa shape index (κ2) is 8.37. The molecule has 0 aliphatic carbocycles. The van der Waals surface area contributed by atoms with Gasteiger partial charge in [0.1, 0.15) is 18.2 Å². The van der Waals surface area contributed by atoms with Crippen LogP contribution >= 0.6 is 0 Å². The molecule has 0 aliphatic rings. The van der Waals surface area contributed by atoms with Crippen molar-refractivity contribution in [2.75, 3.05) is 0 Å². The molecular weight excluding hydrogens is 416 g/mol. The zero-order chi connectivity index (χ0) is 23.0. The average Bonchev–Trinajstić information content (AvgIpc) is 3.08. The maximum absolute atomic E-state index is 14.0. The van der Waals surface area contributed by atoms with Crippen molar-refractivity contribution < 1.29 is 23.4 Å². The van der Waals surface area contributed by atoms with Crippen LogP contribution in [0.2, 0.25) is 0 Å². The molecule has 1 aromatic carbocycles. The number of fused-ring (bicyclic) bond motifs is 1. The maximum atomic E-state index is 14.0. The zero-order valence-electron chi connectivity index (χ0n) is 17.8. The van der Waals surface area contributed by atoms with Crippen molar-refractivity contribution in [1.29, 1.82) is 0 Å². The van der Waals surface area contributed by atoms with Crippen molar-refractivity contribution in [2.24, 2.45) is 0 Å². The molecule has 0 unspecified atom stereocenters. The van der Waals surface area contributed by atoms with E-state index in [1.54, 1.807) is 29.8 Å². The number of benzene rings is 1. The standard InChI is InChI=1S/C24H21F2N3O3/c1-4-20-16(24(30)31)10-15(11-27-20)23-14(3)28-29-21(23)8-13(2)9-22(29)32-12-17-18(25)6-5-7-19(17)26/h5-11H,4,12H2,1-3H3,(H,30,31). The van der Waals surface area contributed by atoms with Gasteiger partial charge in [0.15, 0.2) is 0 Å². The van der Waals surface area contributed by atoms with Crippen molar-refractivity contribution >= 4 is 11.5 Å². The molecule has 1 N–H and O–H groups in total. The lowest BCUT2D eigenvalue weighted by Gasteiger charge is -2.11. The Kier molecular flexibility index (Phi) is 5.61. The van der Waals surface area contributed by atoms with Crippen LogP contribution in [0.15, 0.2) is 42.6 Å². The molecule has 4 aromatic rings. The Labute approximate surface area is 183 Å². The highest BCUT2D eigenvalue weighted by Crippen LogP contribution is 2.32. The van der Waals surface area contributed by atoms with E-state index in [1.807, 2.05) is 19.9 Å². The Hall–Kier alpha value is -3.81. The van der Waals surface area contributed by atoms with Gasteiger partial charge in [-0.25, -0.2) is 18.1 Å². The monoisotopic (exact) mass is 437 g/mol. The number of carboxylic acid groups (broad SMARTS) is 1. The molecule has 6 nitrogen and oxygen atoms in total.